The van der Waals surface area contributed by atoms with E-state index in [0.29, 0.717) is 12.6 Å². The molecule has 1 N–H and O–H groups in total. The van der Waals surface area contributed by atoms with Crippen LogP contribution in [-0.2, 0) is 6.42 Å². The van der Waals surface area contributed by atoms with E-state index in [1.165, 1.54) is 8.66 Å². The van der Waals surface area contributed by atoms with Crippen molar-refractivity contribution in [1.82, 2.24) is 5.32 Å². The third-order valence-corrected chi connectivity index (χ3v) is 4.92. The Labute approximate surface area is 143 Å². The number of halogens is 2. The summed E-state index contributed by atoms with van der Waals surface area (Å²) in [6.07, 6.45) is 2.09. The predicted molar refractivity (Wildman–Crippen MR) is 94.8 cm³/mol. The number of hydrogen-bond acceptors (Lipinski definition) is 3. The van der Waals surface area contributed by atoms with Crippen LogP contribution in [0.5, 0.6) is 5.75 Å². The first kappa shape index (κ1) is 16.8. The Morgan fingerprint density at radius 3 is 2.62 bits per heavy atom. The van der Waals surface area contributed by atoms with Crippen LogP contribution in [0.2, 0.25) is 5.02 Å². The fourth-order valence-electron chi connectivity index (χ4n) is 1.97. The molecule has 2 rings (SSSR count). The molecular weight excluding hydrogens is 370 g/mol. The molecule has 1 unspecified atom stereocenters. The molecule has 0 aliphatic rings. The van der Waals surface area contributed by atoms with E-state index in [4.69, 9.17) is 16.3 Å². The summed E-state index contributed by atoms with van der Waals surface area (Å²) in [4.78, 5) is 1.36. The maximum Gasteiger partial charge on any atom is 0.119 e. The van der Waals surface area contributed by atoms with Gasteiger partial charge in [-0.3, -0.25) is 0 Å². The zero-order valence-corrected chi connectivity index (χ0v) is 15.1. The number of ether oxygens (including phenoxy) is 1. The lowest BCUT2D eigenvalue weighted by Crippen LogP contribution is -2.36. The number of thiophene rings is 1. The lowest BCUT2D eigenvalue weighted by Gasteiger charge is -2.18. The van der Waals surface area contributed by atoms with Crippen LogP contribution in [0.15, 0.2) is 40.2 Å². The standard InChI is InChI=1S/C16H19BrClNOS/c1-2-9-19-13(10-15-7-8-16(17)21-15)11-20-14-5-3-12(18)4-6-14/h3-8,13,19H,2,9-11H2,1H3. The normalized spacial score (nSPS) is 12.3. The molecule has 2 aromatic rings. The van der Waals surface area contributed by atoms with Crippen LogP contribution in [0.3, 0.4) is 0 Å². The van der Waals surface area contributed by atoms with E-state index in [1.54, 1.807) is 11.3 Å². The van der Waals surface area contributed by atoms with Crippen molar-refractivity contribution in [2.45, 2.75) is 25.8 Å². The van der Waals surface area contributed by atoms with Crippen molar-refractivity contribution in [2.75, 3.05) is 13.2 Å². The average Bonchev–Trinajstić information content (AvgIpc) is 2.89. The first-order chi connectivity index (χ1) is 10.2. The topological polar surface area (TPSA) is 21.3 Å². The van der Waals surface area contributed by atoms with Crippen LogP contribution in [0, 0.1) is 0 Å². The van der Waals surface area contributed by atoms with Crippen LogP contribution in [-0.4, -0.2) is 19.2 Å². The fourth-order valence-corrected chi connectivity index (χ4v) is 3.66. The van der Waals surface area contributed by atoms with Gasteiger partial charge in [0.05, 0.1) is 3.79 Å². The molecule has 21 heavy (non-hydrogen) atoms. The summed E-state index contributed by atoms with van der Waals surface area (Å²) in [5.41, 5.74) is 0. The zero-order valence-electron chi connectivity index (χ0n) is 11.9. The Morgan fingerprint density at radius 1 is 1.24 bits per heavy atom. The van der Waals surface area contributed by atoms with Gasteiger partial charge < -0.3 is 10.1 Å². The quantitative estimate of drug-likeness (QED) is 0.675. The Kier molecular flexibility index (Phi) is 7.04. The molecule has 0 aliphatic carbocycles. The molecule has 0 radical (unpaired) electrons. The van der Waals surface area contributed by atoms with E-state index in [2.05, 4.69) is 40.3 Å². The number of benzene rings is 1. The summed E-state index contributed by atoms with van der Waals surface area (Å²) in [5, 5.41) is 4.28. The van der Waals surface area contributed by atoms with Gasteiger partial charge in [-0.15, -0.1) is 11.3 Å². The number of nitrogens with one attached hydrogen (secondary N) is 1. The Bertz CT molecular complexity index is 543. The molecule has 0 aliphatic heterocycles. The fraction of sp³-hybridized carbons (Fsp3) is 0.375. The first-order valence-corrected chi connectivity index (χ1v) is 9.02. The molecule has 0 amide bonds. The highest BCUT2D eigenvalue weighted by atomic mass is 79.9. The molecule has 0 bridgehead atoms. The van der Waals surface area contributed by atoms with Gasteiger partial charge in [0.1, 0.15) is 12.4 Å². The Morgan fingerprint density at radius 2 is 2.00 bits per heavy atom. The van der Waals surface area contributed by atoms with E-state index in [0.717, 1.165) is 30.2 Å². The van der Waals surface area contributed by atoms with Gasteiger partial charge in [-0.2, -0.15) is 0 Å². The maximum absolute atomic E-state index is 5.88. The highest BCUT2D eigenvalue weighted by Crippen LogP contribution is 2.23. The third kappa shape index (κ3) is 5.99. The van der Waals surface area contributed by atoms with Crippen molar-refractivity contribution in [3.63, 3.8) is 0 Å². The van der Waals surface area contributed by atoms with E-state index in [1.807, 2.05) is 24.3 Å². The van der Waals surface area contributed by atoms with Crippen LogP contribution in [0.25, 0.3) is 0 Å². The lowest BCUT2D eigenvalue weighted by molar-refractivity contribution is 0.263. The van der Waals surface area contributed by atoms with Crippen molar-refractivity contribution in [3.05, 3.63) is 50.1 Å². The largest absolute Gasteiger partial charge is 0.492 e. The van der Waals surface area contributed by atoms with Crippen LogP contribution < -0.4 is 10.1 Å². The van der Waals surface area contributed by atoms with Gasteiger partial charge in [-0.1, -0.05) is 18.5 Å². The van der Waals surface area contributed by atoms with Gasteiger partial charge in [-0.05, 0) is 65.3 Å². The summed E-state index contributed by atoms with van der Waals surface area (Å²) >= 11 is 11.2. The van der Waals surface area contributed by atoms with Crippen molar-refractivity contribution in [2.24, 2.45) is 0 Å². The number of hydrogen-bond donors (Lipinski definition) is 1. The Balaban J connectivity index is 1.90. The van der Waals surface area contributed by atoms with Gasteiger partial charge >= 0.3 is 0 Å². The smallest absolute Gasteiger partial charge is 0.119 e. The third-order valence-electron chi connectivity index (χ3n) is 3.02. The summed E-state index contributed by atoms with van der Waals surface area (Å²) < 4.78 is 7.04. The van der Waals surface area contributed by atoms with Gasteiger partial charge in [0.2, 0.25) is 0 Å². The SMILES string of the molecule is CCCNC(COc1ccc(Cl)cc1)Cc1ccc(Br)s1. The van der Waals surface area contributed by atoms with E-state index < -0.39 is 0 Å². The molecule has 0 saturated heterocycles. The highest BCUT2D eigenvalue weighted by Gasteiger charge is 2.11. The van der Waals surface area contributed by atoms with Gasteiger partial charge in [0.25, 0.3) is 0 Å². The van der Waals surface area contributed by atoms with Crippen LogP contribution >= 0.6 is 38.9 Å². The first-order valence-electron chi connectivity index (χ1n) is 7.03. The molecule has 2 nitrogen and oxygen atoms in total. The van der Waals surface area contributed by atoms with E-state index >= 15 is 0 Å². The van der Waals surface area contributed by atoms with Crippen molar-refractivity contribution in [1.29, 1.82) is 0 Å². The second kappa shape index (κ2) is 8.79. The van der Waals surface area contributed by atoms with E-state index in [-0.39, 0.29) is 0 Å². The molecule has 0 fully saturated rings. The van der Waals surface area contributed by atoms with Crippen molar-refractivity contribution < 1.29 is 4.74 Å². The minimum absolute atomic E-state index is 0.311. The summed E-state index contributed by atoms with van der Waals surface area (Å²) in [7, 11) is 0. The maximum atomic E-state index is 5.88. The van der Waals surface area contributed by atoms with E-state index in [9.17, 15) is 0 Å². The average molecular weight is 389 g/mol. The van der Waals surface area contributed by atoms with Gasteiger partial charge in [-0.25, -0.2) is 0 Å². The zero-order chi connectivity index (χ0) is 15.1. The summed E-state index contributed by atoms with van der Waals surface area (Å²) in [5.74, 6) is 0.857. The molecular formula is C16H19BrClNOS. The van der Waals surface area contributed by atoms with Crippen LogP contribution in [0.1, 0.15) is 18.2 Å². The van der Waals surface area contributed by atoms with Crippen LogP contribution in [0.4, 0.5) is 0 Å². The molecule has 5 heteroatoms. The molecule has 0 saturated carbocycles. The monoisotopic (exact) mass is 387 g/mol. The molecule has 1 aromatic carbocycles. The molecule has 1 atom stereocenters. The van der Waals surface area contributed by atoms with Crippen molar-refractivity contribution in [3.8, 4) is 5.75 Å². The second-order valence-electron chi connectivity index (χ2n) is 4.83. The Hall–Kier alpha value is -0.550. The summed E-state index contributed by atoms with van der Waals surface area (Å²) in [6, 6.07) is 12.1. The van der Waals surface area contributed by atoms with Crippen molar-refractivity contribution >= 4 is 38.9 Å². The molecule has 0 spiro atoms. The molecule has 1 aromatic heterocycles. The minimum atomic E-state index is 0.311. The second-order valence-corrected chi connectivity index (χ2v) is 7.81. The lowest BCUT2D eigenvalue weighted by atomic mass is 10.2. The molecule has 114 valence electrons. The summed E-state index contributed by atoms with van der Waals surface area (Å²) in [6.45, 7) is 3.82. The van der Waals surface area contributed by atoms with Gasteiger partial charge in [0, 0.05) is 22.4 Å². The predicted octanol–water partition coefficient (Wildman–Crippen LogP) is 5.15. The minimum Gasteiger partial charge on any atom is -0.492 e. The molecule has 1 heterocycles. The number of rotatable bonds is 8. The van der Waals surface area contributed by atoms with Gasteiger partial charge in [0.15, 0.2) is 0 Å². The highest BCUT2D eigenvalue weighted by molar-refractivity contribution is 9.11.